The van der Waals surface area contributed by atoms with Crippen molar-refractivity contribution in [2.24, 2.45) is 0 Å². The van der Waals surface area contributed by atoms with E-state index in [0.717, 1.165) is 12.0 Å². The van der Waals surface area contributed by atoms with Gasteiger partial charge in [0.05, 0.1) is 0 Å². The first-order valence-corrected chi connectivity index (χ1v) is 7.32. The lowest BCUT2D eigenvalue weighted by Gasteiger charge is -2.06. The third kappa shape index (κ3) is 4.09. The Kier molecular flexibility index (Phi) is 5.22. The van der Waals surface area contributed by atoms with Gasteiger partial charge in [-0.3, -0.25) is 4.79 Å². The molecular formula is C17H16Cl2O. The molecule has 0 unspecified atom stereocenters. The quantitative estimate of drug-likeness (QED) is 0.755. The number of rotatable bonds is 5. The largest absolute Gasteiger partial charge is 0.299 e. The average Bonchev–Trinajstić information content (AvgIpc) is 2.42. The minimum absolute atomic E-state index is 0.178. The molecule has 0 amide bonds. The van der Waals surface area contributed by atoms with Crippen LogP contribution in [0.2, 0.25) is 10.0 Å². The summed E-state index contributed by atoms with van der Waals surface area (Å²) in [4.78, 5) is 12.1. The molecule has 2 rings (SSSR count). The van der Waals surface area contributed by atoms with Crippen molar-refractivity contribution in [2.45, 2.75) is 26.2 Å². The highest BCUT2D eigenvalue weighted by molar-refractivity contribution is 6.33. The first-order valence-electron chi connectivity index (χ1n) is 6.56. The Hall–Kier alpha value is -1.31. The van der Waals surface area contributed by atoms with Crippen LogP contribution in [0, 0.1) is 6.92 Å². The van der Waals surface area contributed by atoms with E-state index in [0.29, 0.717) is 22.9 Å². The third-order valence-corrected chi connectivity index (χ3v) is 3.93. The zero-order chi connectivity index (χ0) is 14.5. The predicted molar refractivity (Wildman–Crippen MR) is 84.7 cm³/mol. The molecule has 0 radical (unpaired) electrons. The summed E-state index contributed by atoms with van der Waals surface area (Å²) in [6.07, 6.45) is 1.63. The van der Waals surface area contributed by atoms with Crippen molar-refractivity contribution < 1.29 is 4.79 Å². The SMILES string of the molecule is Cc1ccccc1CCC(=O)Cc1cc(Cl)ccc1Cl. The predicted octanol–water partition coefficient (Wildman–Crippen LogP) is 5.05. The first-order chi connectivity index (χ1) is 9.56. The van der Waals surface area contributed by atoms with Crippen LogP contribution in [0.15, 0.2) is 42.5 Å². The molecule has 20 heavy (non-hydrogen) atoms. The van der Waals surface area contributed by atoms with Crippen molar-refractivity contribution in [1.29, 1.82) is 0 Å². The molecule has 0 spiro atoms. The molecule has 0 aliphatic rings. The van der Waals surface area contributed by atoms with Gasteiger partial charge in [-0.15, -0.1) is 0 Å². The lowest BCUT2D eigenvalue weighted by molar-refractivity contribution is -0.118. The molecule has 2 aromatic carbocycles. The van der Waals surface area contributed by atoms with Gasteiger partial charge in [-0.1, -0.05) is 47.5 Å². The van der Waals surface area contributed by atoms with Crippen LogP contribution in [0.5, 0.6) is 0 Å². The topological polar surface area (TPSA) is 17.1 Å². The van der Waals surface area contributed by atoms with Gasteiger partial charge in [-0.2, -0.15) is 0 Å². The summed E-state index contributed by atoms with van der Waals surface area (Å²) in [6.45, 7) is 2.06. The summed E-state index contributed by atoms with van der Waals surface area (Å²) in [7, 11) is 0. The van der Waals surface area contributed by atoms with Crippen molar-refractivity contribution >= 4 is 29.0 Å². The minimum atomic E-state index is 0.178. The zero-order valence-corrected chi connectivity index (χ0v) is 12.8. The van der Waals surface area contributed by atoms with Crippen molar-refractivity contribution in [3.05, 3.63) is 69.2 Å². The average molecular weight is 307 g/mol. The number of benzene rings is 2. The Balaban J connectivity index is 1.96. The summed E-state index contributed by atoms with van der Waals surface area (Å²) >= 11 is 12.0. The number of aryl methyl sites for hydroxylation is 2. The van der Waals surface area contributed by atoms with Crippen LogP contribution in [0.25, 0.3) is 0 Å². The van der Waals surface area contributed by atoms with Crippen LogP contribution >= 0.6 is 23.2 Å². The van der Waals surface area contributed by atoms with Crippen molar-refractivity contribution in [1.82, 2.24) is 0 Å². The van der Waals surface area contributed by atoms with Crippen molar-refractivity contribution in [3.63, 3.8) is 0 Å². The van der Waals surface area contributed by atoms with Gasteiger partial charge in [0, 0.05) is 22.9 Å². The van der Waals surface area contributed by atoms with E-state index in [1.807, 2.05) is 12.1 Å². The maximum atomic E-state index is 12.1. The fraction of sp³-hybridized carbons (Fsp3) is 0.235. The number of halogens is 2. The Morgan fingerprint density at radius 3 is 2.55 bits per heavy atom. The molecule has 3 heteroatoms. The fourth-order valence-electron chi connectivity index (χ4n) is 2.14. The summed E-state index contributed by atoms with van der Waals surface area (Å²) in [6, 6.07) is 13.4. The molecule has 1 nitrogen and oxygen atoms in total. The first kappa shape index (κ1) is 15.1. The second-order valence-electron chi connectivity index (χ2n) is 4.88. The summed E-state index contributed by atoms with van der Waals surface area (Å²) in [5, 5.41) is 1.20. The lowest BCUT2D eigenvalue weighted by atomic mass is 10.00. The molecule has 0 fully saturated rings. The highest BCUT2D eigenvalue weighted by Crippen LogP contribution is 2.22. The molecule has 0 N–H and O–H groups in total. The van der Waals surface area contributed by atoms with Gasteiger partial charge in [0.1, 0.15) is 5.78 Å². The molecule has 0 saturated heterocycles. The van der Waals surface area contributed by atoms with Crippen LogP contribution in [0.4, 0.5) is 0 Å². The van der Waals surface area contributed by atoms with Crippen LogP contribution in [-0.4, -0.2) is 5.78 Å². The van der Waals surface area contributed by atoms with Crippen LogP contribution in [0.1, 0.15) is 23.1 Å². The van der Waals surface area contributed by atoms with Crippen molar-refractivity contribution in [2.75, 3.05) is 0 Å². The lowest BCUT2D eigenvalue weighted by Crippen LogP contribution is -2.05. The molecule has 0 saturated carbocycles. The highest BCUT2D eigenvalue weighted by Gasteiger charge is 2.09. The van der Waals surface area contributed by atoms with Gasteiger partial charge in [-0.05, 0) is 48.2 Å². The number of carbonyl (C=O) groups is 1. The maximum Gasteiger partial charge on any atom is 0.137 e. The summed E-state index contributed by atoms with van der Waals surface area (Å²) < 4.78 is 0. The molecule has 0 atom stereocenters. The number of ketones is 1. The normalized spacial score (nSPS) is 10.6. The van der Waals surface area contributed by atoms with E-state index in [1.165, 1.54) is 11.1 Å². The second-order valence-corrected chi connectivity index (χ2v) is 5.72. The van der Waals surface area contributed by atoms with Crippen LogP contribution < -0.4 is 0 Å². The van der Waals surface area contributed by atoms with E-state index in [-0.39, 0.29) is 5.78 Å². The Morgan fingerprint density at radius 1 is 1.05 bits per heavy atom. The molecule has 0 aliphatic heterocycles. The van der Waals surface area contributed by atoms with E-state index in [9.17, 15) is 4.79 Å². The van der Waals surface area contributed by atoms with Crippen LogP contribution in [-0.2, 0) is 17.6 Å². The Morgan fingerprint density at radius 2 is 1.80 bits per heavy atom. The second kappa shape index (κ2) is 6.92. The molecular weight excluding hydrogens is 291 g/mol. The van der Waals surface area contributed by atoms with E-state index in [4.69, 9.17) is 23.2 Å². The van der Waals surface area contributed by atoms with Gasteiger partial charge in [0.15, 0.2) is 0 Å². The van der Waals surface area contributed by atoms with E-state index in [1.54, 1.807) is 18.2 Å². The van der Waals surface area contributed by atoms with Gasteiger partial charge in [-0.25, -0.2) is 0 Å². The van der Waals surface area contributed by atoms with Crippen molar-refractivity contribution in [3.8, 4) is 0 Å². The molecule has 2 aromatic rings. The smallest absolute Gasteiger partial charge is 0.137 e. The molecule has 104 valence electrons. The van der Waals surface area contributed by atoms with Gasteiger partial charge in [0.25, 0.3) is 0 Å². The number of hydrogen-bond donors (Lipinski definition) is 0. The van der Waals surface area contributed by atoms with Gasteiger partial charge in [0.2, 0.25) is 0 Å². The molecule has 0 heterocycles. The number of hydrogen-bond acceptors (Lipinski definition) is 1. The summed E-state index contributed by atoms with van der Waals surface area (Å²) in [5.41, 5.74) is 3.24. The van der Waals surface area contributed by atoms with Crippen LogP contribution in [0.3, 0.4) is 0 Å². The number of Topliss-reactive ketones (excluding diaryl/α,β-unsaturated/α-hetero) is 1. The minimum Gasteiger partial charge on any atom is -0.299 e. The van der Waals surface area contributed by atoms with Gasteiger partial charge >= 0.3 is 0 Å². The number of carbonyl (C=O) groups excluding carboxylic acids is 1. The van der Waals surface area contributed by atoms with E-state index in [2.05, 4.69) is 19.1 Å². The standard InChI is InChI=1S/C17H16Cl2O/c1-12-4-2-3-5-13(12)6-8-16(20)11-14-10-15(18)7-9-17(14)19/h2-5,7,9-10H,6,8,11H2,1H3. The van der Waals surface area contributed by atoms with E-state index < -0.39 is 0 Å². The van der Waals surface area contributed by atoms with Gasteiger partial charge < -0.3 is 0 Å². The zero-order valence-electron chi connectivity index (χ0n) is 11.3. The van der Waals surface area contributed by atoms with E-state index >= 15 is 0 Å². The summed E-state index contributed by atoms with van der Waals surface area (Å²) in [5.74, 6) is 0.178. The monoisotopic (exact) mass is 306 g/mol. The maximum absolute atomic E-state index is 12.1. The third-order valence-electron chi connectivity index (χ3n) is 3.33. The molecule has 0 aromatic heterocycles. The Bertz CT molecular complexity index is 620. The highest BCUT2D eigenvalue weighted by atomic mass is 35.5. The fourth-order valence-corrected chi connectivity index (χ4v) is 2.52. The molecule has 0 bridgehead atoms. The molecule has 0 aliphatic carbocycles. The Labute approximate surface area is 129 Å².